The quantitative estimate of drug-likeness (QED) is 0.636. The van der Waals surface area contributed by atoms with Gasteiger partial charge in [0.15, 0.2) is 0 Å². The molecule has 0 bridgehead atoms. The molecule has 0 aromatic carbocycles. The topological polar surface area (TPSA) is 21.3 Å². The molecule has 0 saturated carbocycles. The van der Waals surface area contributed by atoms with E-state index in [1.165, 1.54) is 12.8 Å². The summed E-state index contributed by atoms with van der Waals surface area (Å²) in [5.41, 5.74) is 0. The molecule has 2 nitrogen and oxygen atoms in total. The van der Waals surface area contributed by atoms with Crippen molar-refractivity contribution in [3.8, 4) is 0 Å². The van der Waals surface area contributed by atoms with Crippen molar-refractivity contribution in [2.45, 2.75) is 39.7 Å². The average Bonchev–Trinajstić information content (AvgIpc) is 2.01. The normalized spacial score (nSPS) is 16.0. The highest BCUT2D eigenvalue weighted by Crippen LogP contribution is 2.05. The maximum absolute atomic E-state index is 5.08. The van der Waals surface area contributed by atoms with Gasteiger partial charge in [0.1, 0.15) is 0 Å². The van der Waals surface area contributed by atoms with E-state index in [-0.39, 0.29) is 0 Å². The standard InChI is InChI=1S/C10H23NO/c1-5-6-11-10(3)7-9(2)8-12-4/h9-11H,5-8H2,1-4H3. The first kappa shape index (κ1) is 11.9. The van der Waals surface area contributed by atoms with Crippen LogP contribution in [-0.2, 0) is 4.74 Å². The largest absolute Gasteiger partial charge is 0.384 e. The van der Waals surface area contributed by atoms with E-state index in [4.69, 9.17) is 4.74 Å². The van der Waals surface area contributed by atoms with E-state index in [9.17, 15) is 0 Å². The Hall–Kier alpha value is -0.0800. The summed E-state index contributed by atoms with van der Waals surface area (Å²) in [5, 5.41) is 3.47. The van der Waals surface area contributed by atoms with Crippen LogP contribution in [0.2, 0.25) is 0 Å². The molecule has 2 unspecified atom stereocenters. The van der Waals surface area contributed by atoms with Crippen LogP contribution >= 0.6 is 0 Å². The minimum absolute atomic E-state index is 0.620. The van der Waals surface area contributed by atoms with E-state index in [1.54, 1.807) is 7.11 Å². The molecule has 74 valence electrons. The van der Waals surface area contributed by atoms with Crippen molar-refractivity contribution in [2.24, 2.45) is 5.92 Å². The lowest BCUT2D eigenvalue weighted by Crippen LogP contribution is -2.29. The van der Waals surface area contributed by atoms with Gasteiger partial charge in [-0.05, 0) is 32.2 Å². The Balaban J connectivity index is 3.33. The highest BCUT2D eigenvalue weighted by molar-refractivity contribution is 4.64. The molecule has 0 aliphatic carbocycles. The van der Waals surface area contributed by atoms with Crippen LogP contribution in [0.5, 0.6) is 0 Å². The third-order valence-electron chi connectivity index (χ3n) is 1.95. The molecule has 0 aromatic heterocycles. The minimum atomic E-state index is 0.620. The van der Waals surface area contributed by atoms with Gasteiger partial charge >= 0.3 is 0 Å². The van der Waals surface area contributed by atoms with Gasteiger partial charge in [-0.2, -0.15) is 0 Å². The van der Waals surface area contributed by atoms with E-state index in [2.05, 4.69) is 26.1 Å². The van der Waals surface area contributed by atoms with Gasteiger partial charge < -0.3 is 10.1 Å². The number of methoxy groups -OCH3 is 1. The first-order valence-electron chi connectivity index (χ1n) is 4.93. The maximum atomic E-state index is 5.08. The summed E-state index contributed by atoms with van der Waals surface area (Å²) in [6.45, 7) is 8.66. The van der Waals surface area contributed by atoms with Gasteiger partial charge in [0.05, 0.1) is 0 Å². The smallest absolute Gasteiger partial charge is 0.0488 e. The monoisotopic (exact) mass is 173 g/mol. The van der Waals surface area contributed by atoms with Crippen LogP contribution in [-0.4, -0.2) is 26.3 Å². The Kier molecular flexibility index (Phi) is 7.51. The Morgan fingerprint density at radius 2 is 2.00 bits per heavy atom. The number of nitrogens with one attached hydrogen (secondary N) is 1. The summed E-state index contributed by atoms with van der Waals surface area (Å²) in [5.74, 6) is 0.661. The van der Waals surface area contributed by atoms with Crippen molar-refractivity contribution in [2.75, 3.05) is 20.3 Å². The van der Waals surface area contributed by atoms with Gasteiger partial charge in [-0.1, -0.05) is 13.8 Å². The SMILES string of the molecule is CCCNC(C)CC(C)COC. The third kappa shape index (κ3) is 6.62. The zero-order valence-electron chi connectivity index (χ0n) is 8.89. The molecule has 0 aliphatic heterocycles. The van der Waals surface area contributed by atoms with Crippen LogP contribution in [0.4, 0.5) is 0 Å². The van der Waals surface area contributed by atoms with Gasteiger partial charge in [-0.15, -0.1) is 0 Å². The van der Waals surface area contributed by atoms with Crippen LogP contribution < -0.4 is 5.32 Å². The van der Waals surface area contributed by atoms with E-state index in [0.29, 0.717) is 12.0 Å². The predicted octanol–water partition coefficient (Wildman–Crippen LogP) is 2.05. The molecule has 0 aliphatic rings. The molecule has 2 atom stereocenters. The van der Waals surface area contributed by atoms with Crippen molar-refractivity contribution >= 4 is 0 Å². The minimum Gasteiger partial charge on any atom is -0.384 e. The van der Waals surface area contributed by atoms with Gasteiger partial charge in [-0.25, -0.2) is 0 Å². The number of hydrogen-bond acceptors (Lipinski definition) is 2. The molecule has 12 heavy (non-hydrogen) atoms. The first-order valence-corrected chi connectivity index (χ1v) is 4.93. The van der Waals surface area contributed by atoms with Gasteiger partial charge in [0.25, 0.3) is 0 Å². The van der Waals surface area contributed by atoms with E-state index < -0.39 is 0 Å². The number of rotatable bonds is 7. The van der Waals surface area contributed by atoms with E-state index in [0.717, 1.165) is 13.2 Å². The van der Waals surface area contributed by atoms with E-state index >= 15 is 0 Å². The third-order valence-corrected chi connectivity index (χ3v) is 1.95. The van der Waals surface area contributed by atoms with Crippen LogP contribution in [0.1, 0.15) is 33.6 Å². The number of hydrogen-bond donors (Lipinski definition) is 1. The summed E-state index contributed by atoms with van der Waals surface area (Å²) in [4.78, 5) is 0. The summed E-state index contributed by atoms with van der Waals surface area (Å²) < 4.78 is 5.08. The van der Waals surface area contributed by atoms with Gasteiger partial charge in [-0.3, -0.25) is 0 Å². The molecule has 2 heteroatoms. The highest BCUT2D eigenvalue weighted by atomic mass is 16.5. The molecule has 0 heterocycles. The van der Waals surface area contributed by atoms with Crippen molar-refractivity contribution < 1.29 is 4.74 Å². The summed E-state index contributed by atoms with van der Waals surface area (Å²) in [7, 11) is 1.76. The van der Waals surface area contributed by atoms with Crippen LogP contribution in [0.15, 0.2) is 0 Å². The van der Waals surface area contributed by atoms with Gasteiger partial charge in [0.2, 0.25) is 0 Å². The highest BCUT2D eigenvalue weighted by Gasteiger charge is 2.06. The van der Waals surface area contributed by atoms with Crippen LogP contribution in [0.3, 0.4) is 0 Å². The van der Waals surface area contributed by atoms with Crippen molar-refractivity contribution in [1.29, 1.82) is 0 Å². The second kappa shape index (κ2) is 7.56. The second-order valence-corrected chi connectivity index (χ2v) is 3.65. The molecule has 0 rings (SSSR count). The lowest BCUT2D eigenvalue weighted by Gasteiger charge is -2.17. The summed E-state index contributed by atoms with van der Waals surface area (Å²) >= 11 is 0. The molecule has 0 spiro atoms. The molecule has 0 aromatic rings. The molecular weight excluding hydrogens is 150 g/mol. The Morgan fingerprint density at radius 3 is 2.50 bits per heavy atom. The Labute approximate surface area is 76.7 Å². The van der Waals surface area contributed by atoms with E-state index in [1.807, 2.05) is 0 Å². The molecule has 0 radical (unpaired) electrons. The van der Waals surface area contributed by atoms with Crippen LogP contribution in [0.25, 0.3) is 0 Å². The maximum Gasteiger partial charge on any atom is 0.0488 e. The zero-order valence-corrected chi connectivity index (χ0v) is 8.89. The van der Waals surface area contributed by atoms with Crippen molar-refractivity contribution in [3.05, 3.63) is 0 Å². The van der Waals surface area contributed by atoms with Crippen molar-refractivity contribution in [1.82, 2.24) is 5.32 Å². The average molecular weight is 173 g/mol. The molecular formula is C10H23NO. The van der Waals surface area contributed by atoms with Crippen LogP contribution in [0, 0.1) is 5.92 Å². The fourth-order valence-corrected chi connectivity index (χ4v) is 1.43. The second-order valence-electron chi connectivity index (χ2n) is 3.65. The fourth-order valence-electron chi connectivity index (χ4n) is 1.43. The molecule has 0 amide bonds. The predicted molar refractivity (Wildman–Crippen MR) is 53.4 cm³/mol. The lowest BCUT2D eigenvalue weighted by molar-refractivity contribution is 0.150. The van der Waals surface area contributed by atoms with Crippen molar-refractivity contribution in [3.63, 3.8) is 0 Å². The Bertz CT molecular complexity index is 95.8. The van der Waals surface area contributed by atoms with Gasteiger partial charge in [0, 0.05) is 19.8 Å². The fraction of sp³-hybridized carbons (Fsp3) is 1.00. The summed E-state index contributed by atoms with van der Waals surface area (Å²) in [6.07, 6.45) is 2.41. The first-order chi connectivity index (χ1) is 5.70. The number of ether oxygens (including phenoxy) is 1. The lowest BCUT2D eigenvalue weighted by atomic mass is 10.0. The molecule has 1 N–H and O–H groups in total. The molecule has 0 fully saturated rings. The Morgan fingerprint density at radius 1 is 1.33 bits per heavy atom. The summed E-state index contributed by atoms with van der Waals surface area (Å²) in [6, 6.07) is 0.620. The molecule has 0 saturated heterocycles. The zero-order chi connectivity index (χ0) is 9.40.